The predicted octanol–water partition coefficient (Wildman–Crippen LogP) is 3.10. The van der Waals surface area contributed by atoms with Crippen LogP contribution < -0.4 is 10.1 Å². The molecule has 0 spiro atoms. The molecule has 4 nitrogen and oxygen atoms in total. The van der Waals surface area contributed by atoms with Crippen molar-refractivity contribution in [2.75, 3.05) is 20.3 Å². The van der Waals surface area contributed by atoms with E-state index in [0.29, 0.717) is 19.3 Å². The van der Waals surface area contributed by atoms with Crippen LogP contribution in [0.1, 0.15) is 24.8 Å². The van der Waals surface area contributed by atoms with Crippen LogP contribution in [0.4, 0.5) is 0 Å². The average molecular weight is 275 g/mol. The SMILES string of the molecule is COCCCOc1cc(CNC2CC2)cc2ccoc12. The average Bonchev–Trinajstić information content (AvgIpc) is 3.17. The van der Waals surface area contributed by atoms with Crippen molar-refractivity contribution in [2.45, 2.75) is 31.8 Å². The van der Waals surface area contributed by atoms with E-state index in [1.54, 1.807) is 13.4 Å². The Kier molecular flexibility index (Phi) is 4.23. The first-order chi connectivity index (χ1) is 9.86. The monoisotopic (exact) mass is 275 g/mol. The molecule has 0 bridgehead atoms. The molecule has 1 aromatic heterocycles. The lowest BCUT2D eigenvalue weighted by molar-refractivity contribution is 0.172. The number of fused-ring (bicyclic) bond motifs is 1. The number of methoxy groups -OCH3 is 1. The lowest BCUT2D eigenvalue weighted by Crippen LogP contribution is -2.15. The van der Waals surface area contributed by atoms with E-state index >= 15 is 0 Å². The largest absolute Gasteiger partial charge is 0.490 e. The number of hydrogen-bond acceptors (Lipinski definition) is 4. The second-order valence-corrected chi connectivity index (χ2v) is 5.28. The molecule has 0 saturated heterocycles. The molecule has 0 aliphatic heterocycles. The van der Waals surface area contributed by atoms with Crippen molar-refractivity contribution in [3.8, 4) is 5.75 Å². The van der Waals surface area contributed by atoms with E-state index in [9.17, 15) is 0 Å². The molecule has 108 valence electrons. The van der Waals surface area contributed by atoms with Crippen molar-refractivity contribution in [3.05, 3.63) is 30.0 Å². The smallest absolute Gasteiger partial charge is 0.175 e. The zero-order chi connectivity index (χ0) is 13.8. The van der Waals surface area contributed by atoms with Gasteiger partial charge in [-0.2, -0.15) is 0 Å². The van der Waals surface area contributed by atoms with Gasteiger partial charge >= 0.3 is 0 Å². The maximum atomic E-state index is 5.84. The molecule has 0 radical (unpaired) electrons. The zero-order valence-corrected chi connectivity index (χ0v) is 11.9. The topological polar surface area (TPSA) is 43.6 Å². The summed E-state index contributed by atoms with van der Waals surface area (Å²) in [6, 6.07) is 6.93. The molecule has 2 aromatic rings. The highest BCUT2D eigenvalue weighted by atomic mass is 16.5. The molecule has 1 fully saturated rings. The van der Waals surface area contributed by atoms with Crippen LogP contribution in [0, 0.1) is 0 Å². The van der Waals surface area contributed by atoms with E-state index in [2.05, 4.69) is 17.4 Å². The van der Waals surface area contributed by atoms with Gasteiger partial charge in [0.25, 0.3) is 0 Å². The minimum Gasteiger partial charge on any atom is -0.490 e. The molecule has 0 atom stereocenters. The van der Waals surface area contributed by atoms with E-state index in [1.807, 2.05) is 6.07 Å². The van der Waals surface area contributed by atoms with E-state index in [1.165, 1.54) is 18.4 Å². The predicted molar refractivity (Wildman–Crippen MR) is 78.1 cm³/mol. The first-order valence-electron chi connectivity index (χ1n) is 7.22. The summed E-state index contributed by atoms with van der Waals surface area (Å²) in [5.74, 6) is 0.830. The molecule has 1 aliphatic carbocycles. The van der Waals surface area contributed by atoms with Gasteiger partial charge in [0.2, 0.25) is 0 Å². The van der Waals surface area contributed by atoms with Crippen LogP contribution in [0.2, 0.25) is 0 Å². The molecule has 3 rings (SSSR count). The van der Waals surface area contributed by atoms with Crippen LogP contribution in [-0.2, 0) is 11.3 Å². The molecule has 1 aromatic carbocycles. The van der Waals surface area contributed by atoms with Gasteiger partial charge in [-0.15, -0.1) is 0 Å². The number of furan rings is 1. The Balaban J connectivity index is 1.71. The fourth-order valence-electron chi connectivity index (χ4n) is 2.25. The van der Waals surface area contributed by atoms with E-state index in [0.717, 1.165) is 29.7 Å². The number of rotatable bonds is 8. The van der Waals surface area contributed by atoms with Crippen molar-refractivity contribution in [1.82, 2.24) is 5.32 Å². The van der Waals surface area contributed by atoms with Crippen molar-refractivity contribution < 1.29 is 13.9 Å². The van der Waals surface area contributed by atoms with Gasteiger partial charge in [-0.25, -0.2) is 0 Å². The first-order valence-corrected chi connectivity index (χ1v) is 7.22. The maximum Gasteiger partial charge on any atom is 0.175 e. The molecule has 20 heavy (non-hydrogen) atoms. The number of ether oxygens (including phenoxy) is 2. The minimum atomic E-state index is 0.642. The number of hydrogen-bond donors (Lipinski definition) is 1. The fraction of sp³-hybridized carbons (Fsp3) is 0.500. The van der Waals surface area contributed by atoms with E-state index in [-0.39, 0.29) is 0 Å². The van der Waals surface area contributed by atoms with Gasteiger partial charge in [0.1, 0.15) is 0 Å². The van der Waals surface area contributed by atoms with Crippen molar-refractivity contribution in [3.63, 3.8) is 0 Å². The molecular formula is C16H21NO3. The Hall–Kier alpha value is -1.52. The molecule has 1 N–H and O–H groups in total. The summed E-state index contributed by atoms with van der Waals surface area (Å²) in [6.45, 7) is 2.24. The molecule has 4 heteroatoms. The van der Waals surface area contributed by atoms with Crippen LogP contribution >= 0.6 is 0 Å². The third-order valence-electron chi connectivity index (χ3n) is 3.50. The summed E-state index contributed by atoms with van der Waals surface area (Å²) < 4.78 is 16.4. The summed E-state index contributed by atoms with van der Waals surface area (Å²) in [7, 11) is 1.70. The molecule has 1 aliphatic rings. The Morgan fingerprint density at radius 2 is 2.20 bits per heavy atom. The lowest BCUT2D eigenvalue weighted by atomic mass is 10.1. The van der Waals surface area contributed by atoms with Gasteiger partial charge in [0, 0.05) is 38.1 Å². The Bertz CT molecular complexity index is 560. The minimum absolute atomic E-state index is 0.642. The van der Waals surface area contributed by atoms with E-state index in [4.69, 9.17) is 13.9 Å². The highest BCUT2D eigenvalue weighted by Crippen LogP contribution is 2.29. The Morgan fingerprint density at radius 1 is 1.30 bits per heavy atom. The van der Waals surface area contributed by atoms with Crippen LogP contribution in [0.3, 0.4) is 0 Å². The number of nitrogens with one attached hydrogen (secondary N) is 1. The third-order valence-corrected chi connectivity index (χ3v) is 3.50. The summed E-state index contributed by atoms with van der Waals surface area (Å²) in [5.41, 5.74) is 2.07. The fourth-order valence-corrected chi connectivity index (χ4v) is 2.25. The maximum absolute atomic E-state index is 5.84. The van der Waals surface area contributed by atoms with Crippen LogP contribution in [0.15, 0.2) is 28.9 Å². The Labute approximate surface area is 119 Å². The van der Waals surface area contributed by atoms with Crippen LogP contribution in [0.25, 0.3) is 11.0 Å². The molecule has 0 amide bonds. The van der Waals surface area contributed by atoms with E-state index < -0.39 is 0 Å². The summed E-state index contributed by atoms with van der Waals surface area (Å²) in [5, 5.41) is 4.63. The molecular weight excluding hydrogens is 254 g/mol. The van der Waals surface area contributed by atoms with Crippen molar-refractivity contribution >= 4 is 11.0 Å². The molecule has 0 unspecified atom stereocenters. The third kappa shape index (κ3) is 3.32. The Morgan fingerprint density at radius 3 is 3.00 bits per heavy atom. The van der Waals surface area contributed by atoms with Gasteiger partial charge in [-0.05, 0) is 36.6 Å². The van der Waals surface area contributed by atoms with Gasteiger partial charge in [-0.3, -0.25) is 0 Å². The van der Waals surface area contributed by atoms with Crippen molar-refractivity contribution in [2.24, 2.45) is 0 Å². The highest BCUT2D eigenvalue weighted by Gasteiger charge is 2.20. The number of benzene rings is 1. The zero-order valence-electron chi connectivity index (χ0n) is 11.9. The van der Waals surface area contributed by atoms with Gasteiger partial charge in [-0.1, -0.05) is 0 Å². The van der Waals surface area contributed by atoms with Gasteiger partial charge < -0.3 is 19.2 Å². The summed E-state index contributed by atoms with van der Waals surface area (Å²) in [6.07, 6.45) is 5.19. The quantitative estimate of drug-likeness (QED) is 0.752. The molecule has 1 heterocycles. The van der Waals surface area contributed by atoms with Gasteiger partial charge in [0.05, 0.1) is 12.9 Å². The van der Waals surface area contributed by atoms with Gasteiger partial charge in [0.15, 0.2) is 11.3 Å². The summed E-state index contributed by atoms with van der Waals surface area (Å²) >= 11 is 0. The first kappa shape index (κ1) is 13.5. The lowest BCUT2D eigenvalue weighted by Gasteiger charge is -2.09. The summed E-state index contributed by atoms with van der Waals surface area (Å²) in [4.78, 5) is 0. The highest BCUT2D eigenvalue weighted by molar-refractivity contribution is 5.83. The molecule has 1 saturated carbocycles. The van der Waals surface area contributed by atoms with Crippen LogP contribution in [-0.4, -0.2) is 26.4 Å². The normalized spacial score (nSPS) is 14.8. The standard InChI is InChI=1S/C16H21NO3/c1-18-6-2-7-19-15-10-12(11-17-14-3-4-14)9-13-5-8-20-16(13)15/h5,8-10,14,17H,2-4,6-7,11H2,1H3. The van der Waals surface area contributed by atoms with Crippen molar-refractivity contribution in [1.29, 1.82) is 0 Å². The second-order valence-electron chi connectivity index (χ2n) is 5.28. The second kappa shape index (κ2) is 6.29. The van der Waals surface area contributed by atoms with Crippen LogP contribution in [0.5, 0.6) is 5.75 Å².